The Bertz CT molecular complexity index is 824. The lowest BCUT2D eigenvalue weighted by Crippen LogP contribution is -2.20. The molecule has 0 spiro atoms. The maximum absolute atomic E-state index is 12.2. The molecule has 0 saturated heterocycles. The number of carbonyl (C=O) groups excluding carboxylic acids is 2. The summed E-state index contributed by atoms with van der Waals surface area (Å²) in [7, 11) is 2.93. The van der Waals surface area contributed by atoms with Gasteiger partial charge in [0, 0.05) is 5.02 Å². The van der Waals surface area contributed by atoms with Crippen LogP contribution in [0.3, 0.4) is 0 Å². The largest absolute Gasteiger partial charge is 0.495 e. The Hall–Kier alpha value is -2.93. The summed E-state index contributed by atoms with van der Waals surface area (Å²) in [5, 5.41) is 3.13. The van der Waals surface area contributed by atoms with Crippen molar-refractivity contribution in [3.8, 4) is 17.2 Å². The van der Waals surface area contributed by atoms with E-state index in [0.29, 0.717) is 33.5 Å². The van der Waals surface area contributed by atoms with Crippen molar-refractivity contribution < 1.29 is 28.5 Å². The van der Waals surface area contributed by atoms with Crippen molar-refractivity contribution in [1.29, 1.82) is 0 Å². The molecule has 0 fully saturated rings. The number of rotatable bonds is 8. The number of amides is 1. The van der Waals surface area contributed by atoms with Crippen LogP contribution in [0.2, 0.25) is 5.02 Å². The molecule has 8 heteroatoms. The summed E-state index contributed by atoms with van der Waals surface area (Å²) in [6.45, 7) is 1.72. The van der Waals surface area contributed by atoms with Gasteiger partial charge in [-0.3, -0.25) is 4.79 Å². The van der Waals surface area contributed by atoms with E-state index >= 15 is 0 Å². The number of esters is 1. The molecule has 144 valence electrons. The van der Waals surface area contributed by atoms with Gasteiger partial charge < -0.3 is 24.3 Å². The van der Waals surface area contributed by atoms with Crippen molar-refractivity contribution in [2.75, 3.05) is 32.8 Å². The Kier molecular flexibility index (Phi) is 7.31. The molecule has 0 aliphatic rings. The van der Waals surface area contributed by atoms with Crippen LogP contribution in [0, 0.1) is 0 Å². The van der Waals surface area contributed by atoms with Crippen LogP contribution in [0.5, 0.6) is 17.2 Å². The van der Waals surface area contributed by atoms with Gasteiger partial charge in [-0.1, -0.05) is 11.6 Å². The zero-order chi connectivity index (χ0) is 19.8. The van der Waals surface area contributed by atoms with E-state index in [4.69, 9.17) is 30.5 Å². The monoisotopic (exact) mass is 393 g/mol. The second-order valence-electron chi connectivity index (χ2n) is 5.27. The number of methoxy groups -OCH3 is 2. The number of halogens is 1. The number of carbonyl (C=O) groups is 2. The zero-order valence-corrected chi connectivity index (χ0v) is 16.0. The van der Waals surface area contributed by atoms with Gasteiger partial charge in [-0.05, 0) is 43.3 Å². The topological polar surface area (TPSA) is 83.1 Å². The molecule has 1 N–H and O–H groups in total. The van der Waals surface area contributed by atoms with Crippen molar-refractivity contribution in [3.63, 3.8) is 0 Å². The number of hydrogen-bond donors (Lipinski definition) is 1. The summed E-state index contributed by atoms with van der Waals surface area (Å²) in [6, 6.07) is 9.45. The molecule has 0 heterocycles. The fourth-order valence-electron chi connectivity index (χ4n) is 2.24. The van der Waals surface area contributed by atoms with E-state index in [0.717, 1.165) is 0 Å². The first-order valence-electron chi connectivity index (χ1n) is 8.09. The van der Waals surface area contributed by atoms with E-state index in [2.05, 4.69) is 5.32 Å². The van der Waals surface area contributed by atoms with Crippen LogP contribution < -0.4 is 19.5 Å². The highest BCUT2D eigenvalue weighted by Gasteiger charge is 2.14. The minimum atomic E-state index is -0.465. The molecule has 2 aromatic rings. The maximum Gasteiger partial charge on any atom is 0.338 e. The van der Waals surface area contributed by atoms with Crippen molar-refractivity contribution in [2.45, 2.75) is 6.92 Å². The summed E-state index contributed by atoms with van der Waals surface area (Å²) >= 11 is 5.94. The second kappa shape index (κ2) is 9.68. The highest BCUT2D eigenvalue weighted by Crippen LogP contribution is 2.29. The van der Waals surface area contributed by atoms with Gasteiger partial charge in [0.2, 0.25) is 0 Å². The molecule has 2 aromatic carbocycles. The average Bonchev–Trinajstić information content (AvgIpc) is 2.66. The normalized spacial score (nSPS) is 10.1. The third-order valence-electron chi connectivity index (χ3n) is 3.47. The molecule has 0 aliphatic heterocycles. The molecular formula is C19H20ClNO6. The molecule has 0 aromatic heterocycles. The molecule has 0 bridgehead atoms. The average molecular weight is 394 g/mol. The van der Waals surface area contributed by atoms with E-state index < -0.39 is 11.9 Å². The van der Waals surface area contributed by atoms with Gasteiger partial charge in [-0.25, -0.2) is 4.79 Å². The Balaban J connectivity index is 2.04. The van der Waals surface area contributed by atoms with Crippen molar-refractivity contribution >= 4 is 29.2 Å². The van der Waals surface area contributed by atoms with Gasteiger partial charge in [-0.15, -0.1) is 0 Å². The van der Waals surface area contributed by atoms with Crippen LogP contribution >= 0.6 is 11.6 Å². The molecule has 2 rings (SSSR count). The predicted octanol–water partition coefficient (Wildman–Crippen LogP) is 3.55. The first-order valence-corrected chi connectivity index (χ1v) is 8.47. The van der Waals surface area contributed by atoms with Crippen LogP contribution in [-0.4, -0.2) is 39.3 Å². The number of nitrogens with one attached hydrogen (secondary N) is 1. The van der Waals surface area contributed by atoms with Crippen molar-refractivity contribution in [2.24, 2.45) is 0 Å². The molecular weight excluding hydrogens is 374 g/mol. The van der Waals surface area contributed by atoms with Crippen LogP contribution in [0.25, 0.3) is 0 Å². The van der Waals surface area contributed by atoms with Gasteiger partial charge in [0.15, 0.2) is 18.1 Å². The van der Waals surface area contributed by atoms with Crippen LogP contribution in [0.4, 0.5) is 5.69 Å². The second-order valence-corrected chi connectivity index (χ2v) is 5.70. The Morgan fingerprint density at radius 2 is 1.70 bits per heavy atom. The van der Waals surface area contributed by atoms with Crippen LogP contribution in [0.1, 0.15) is 17.3 Å². The lowest BCUT2D eigenvalue weighted by molar-refractivity contribution is -0.118. The lowest BCUT2D eigenvalue weighted by Gasteiger charge is -2.13. The smallest absolute Gasteiger partial charge is 0.338 e. The van der Waals surface area contributed by atoms with Gasteiger partial charge in [-0.2, -0.15) is 0 Å². The summed E-state index contributed by atoms with van der Waals surface area (Å²) < 4.78 is 20.8. The fraction of sp³-hybridized carbons (Fsp3) is 0.263. The van der Waals surface area contributed by atoms with Gasteiger partial charge in [0.05, 0.1) is 32.1 Å². The maximum atomic E-state index is 12.2. The van der Waals surface area contributed by atoms with Gasteiger partial charge >= 0.3 is 5.97 Å². The number of benzene rings is 2. The van der Waals surface area contributed by atoms with Crippen LogP contribution in [0.15, 0.2) is 36.4 Å². The van der Waals surface area contributed by atoms with Crippen molar-refractivity contribution in [1.82, 2.24) is 0 Å². The molecule has 1 amide bonds. The summed E-state index contributed by atoms with van der Waals surface area (Å²) in [4.78, 5) is 24.0. The summed E-state index contributed by atoms with van der Waals surface area (Å²) in [5.74, 6) is 0.233. The fourth-order valence-corrected chi connectivity index (χ4v) is 2.41. The molecule has 0 unspecified atom stereocenters. The SMILES string of the molecule is CCOC(=O)c1ccc(OCC(=O)Nc2cc(Cl)ccc2OC)c(OC)c1. The van der Waals surface area contributed by atoms with Crippen molar-refractivity contribution in [3.05, 3.63) is 47.0 Å². The highest BCUT2D eigenvalue weighted by molar-refractivity contribution is 6.31. The Morgan fingerprint density at radius 1 is 1.00 bits per heavy atom. The molecule has 27 heavy (non-hydrogen) atoms. The van der Waals surface area contributed by atoms with Crippen LogP contribution in [-0.2, 0) is 9.53 Å². The van der Waals surface area contributed by atoms with Gasteiger partial charge in [0.25, 0.3) is 5.91 Å². The van der Waals surface area contributed by atoms with E-state index in [1.807, 2.05) is 0 Å². The third kappa shape index (κ3) is 5.52. The lowest BCUT2D eigenvalue weighted by atomic mass is 10.2. The number of anilines is 1. The van der Waals surface area contributed by atoms with E-state index in [9.17, 15) is 9.59 Å². The molecule has 0 radical (unpaired) electrons. The quantitative estimate of drug-likeness (QED) is 0.690. The van der Waals surface area contributed by atoms with E-state index in [1.165, 1.54) is 26.4 Å². The predicted molar refractivity (Wildman–Crippen MR) is 101 cm³/mol. The minimum Gasteiger partial charge on any atom is -0.495 e. The Labute approximate surface area is 162 Å². The summed E-state index contributed by atoms with van der Waals surface area (Å²) in [5.41, 5.74) is 0.761. The molecule has 0 aliphatic carbocycles. The van der Waals surface area contributed by atoms with Gasteiger partial charge in [0.1, 0.15) is 5.75 Å². The standard InChI is InChI=1S/C19H20ClNO6/c1-4-26-19(23)12-5-7-16(17(9-12)25-3)27-11-18(22)21-14-10-13(20)6-8-15(14)24-2/h5-10H,4,11H2,1-3H3,(H,21,22). The minimum absolute atomic E-state index is 0.270. The van der Waals surface area contributed by atoms with E-state index in [-0.39, 0.29) is 13.2 Å². The first-order chi connectivity index (χ1) is 13.0. The van der Waals surface area contributed by atoms with E-state index in [1.54, 1.807) is 31.2 Å². The number of ether oxygens (including phenoxy) is 4. The molecule has 0 atom stereocenters. The zero-order valence-electron chi connectivity index (χ0n) is 15.2. The number of hydrogen-bond acceptors (Lipinski definition) is 6. The molecule has 7 nitrogen and oxygen atoms in total. The third-order valence-corrected chi connectivity index (χ3v) is 3.70. The Morgan fingerprint density at radius 3 is 2.37 bits per heavy atom. The molecule has 0 saturated carbocycles. The first kappa shape index (κ1) is 20.4. The summed E-state index contributed by atoms with van der Waals surface area (Å²) in [6.07, 6.45) is 0. The highest BCUT2D eigenvalue weighted by atomic mass is 35.5.